The topological polar surface area (TPSA) is 93.3 Å². The molecule has 4 N–H and O–H groups in total. The summed E-state index contributed by atoms with van der Waals surface area (Å²) in [6, 6.07) is 0. The van der Waals surface area contributed by atoms with E-state index in [2.05, 4.69) is 15.3 Å². The van der Waals surface area contributed by atoms with Gasteiger partial charge in [0.15, 0.2) is 0 Å². The molecule has 0 amide bonds. The summed E-state index contributed by atoms with van der Waals surface area (Å²) in [6.07, 6.45) is 1.27. The Hall–Kier alpha value is -1.40. The van der Waals surface area contributed by atoms with E-state index in [-0.39, 0.29) is 0 Å². The highest BCUT2D eigenvalue weighted by atomic mass is 16.5. The molecule has 0 atom stereocenters. The molecule has 0 saturated carbocycles. The third-order valence-corrected chi connectivity index (χ3v) is 3.30. The maximum atomic E-state index is 10.3. The number of hydrogen-bond donors (Lipinski definition) is 3. The first-order chi connectivity index (χ1) is 8.50. The predicted octanol–water partition coefficient (Wildman–Crippen LogP) is 0.629. The summed E-state index contributed by atoms with van der Waals surface area (Å²) in [7, 11) is 0. The van der Waals surface area contributed by atoms with Crippen molar-refractivity contribution in [3.05, 3.63) is 11.4 Å². The summed E-state index contributed by atoms with van der Waals surface area (Å²) in [5, 5.41) is 13.5. The van der Waals surface area contributed by atoms with Crippen molar-refractivity contribution in [2.24, 2.45) is 0 Å². The smallest absolute Gasteiger partial charge is 0.134 e. The van der Waals surface area contributed by atoms with Crippen molar-refractivity contribution >= 4 is 11.6 Å². The van der Waals surface area contributed by atoms with Gasteiger partial charge in [0, 0.05) is 38.2 Å². The summed E-state index contributed by atoms with van der Waals surface area (Å²) in [5.74, 6) is 1.79. The van der Waals surface area contributed by atoms with Gasteiger partial charge in [-0.1, -0.05) is 0 Å². The fraction of sp³-hybridized carbons (Fsp3) is 0.667. The fourth-order valence-corrected chi connectivity index (χ4v) is 2.00. The van der Waals surface area contributed by atoms with Crippen LogP contribution in [0, 0.1) is 13.8 Å². The Morgan fingerprint density at radius 3 is 2.67 bits per heavy atom. The van der Waals surface area contributed by atoms with Gasteiger partial charge in [-0.15, -0.1) is 0 Å². The molecule has 0 unspecified atom stereocenters. The van der Waals surface area contributed by atoms with Gasteiger partial charge in [-0.2, -0.15) is 0 Å². The average molecular weight is 252 g/mol. The molecule has 0 aliphatic carbocycles. The number of nitrogens with one attached hydrogen (secondary N) is 1. The van der Waals surface area contributed by atoms with Gasteiger partial charge in [0.1, 0.15) is 17.5 Å². The highest BCUT2D eigenvalue weighted by Gasteiger charge is 2.29. The largest absolute Gasteiger partial charge is 0.388 e. The zero-order valence-electron chi connectivity index (χ0n) is 10.9. The van der Waals surface area contributed by atoms with E-state index in [9.17, 15) is 5.11 Å². The number of nitrogen functional groups attached to an aromatic ring is 1. The minimum absolute atomic E-state index is 0.451. The van der Waals surface area contributed by atoms with Crippen LogP contribution in [0.25, 0.3) is 0 Å². The van der Waals surface area contributed by atoms with E-state index in [1.54, 1.807) is 6.92 Å². The Morgan fingerprint density at radius 2 is 2.00 bits per heavy atom. The molecule has 6 heteroatoms. The molecule has 1 aliphatic heterocycles. The number of aryl methyl sites for hydroxylation is 1. The summed E-state index contributed by atoms with van der Waals surface area (Å²) in [5.41, 5.74) is 5.88. The highest BCUT2D eigenvalue weighted by Crippen LogP contribution is 2.23. The first kappa shape index (κ1) is 13.0. The first-order valence-electron chi connectivity index (χ1n) is 6.15. The minimum atomic E-state index is -0.724. The molecule has 0 aromatic carbocycles. The van der Waals surface area contributed by atoms with Gasteiger partial charge in [-0.25, -0.2) is 9.97 Å². The Morgan fingerprint density at radius 1 is 1.33 bits per heavy atom. The van der Waals surface area contributed by atoms with Crippen LogP contribution in [0.1, 0.15) is 24.2 Å². The van der Waals surface area contributed by atoms with Crippen molar-refractivity contribution in [2.75, 3.05) is 30.8 Å². The number of nitrogens with two attached hydrogens (primary N) is 1. The van der Waals surface area contributed by atoms with Crippen molar-refractivity contribution in [1.29, 1.82) is 0 Å². The summed E-state index contributed by atoms with van der Waals surface area (Å²) in [6.45, 7) is 5.31. The Bertz CT molecular complexity index is 430. The van der Waals surface area contributed by atoms with E-state index < -0.39 is 5.60 Å². The molecule has 0 spiro atoms. The number of nitrogens with zero attached hydrogens (tertiary/aromatic N) is 2. The lowest BCUT2D eigenvalue weighted by atomic mass is 9.94. The minimum Gasteiger partial charge on any atom is -0.388 e. The van der Waals surface area contributed by atoms with E-state index in [0.29, 0.717) is 50.1 Å². The van der Waals surface area contributed by atoms with Crippen LogP contribution in [0.5, 0.6) is 0 Å². The standard InChI is InChI=1S/C12H20N4O2/c1-8-10(13)15-9(2)16-11(8)14-7-12(17)3-5-18-6-4-12/h17H,3-7H2,1-2H3,(H3,13,14,15,16). The normalized spacial score (nSPS) is 18.6. The quantitative estimate of drug-likeness (QED) is 0.730. The maximum absolute atomic E-state index is 10.3. The van der Waals surface area contributed by atoms with Gasteiger partial charge in [-0.05, 0) is 13.8 Å². The molecule has 2 rings (SSSR count). The number of rotatable bonds is 3. The Balaban J connectivity index is 2.05. The first-order valence-corrected chi connectivity index (χ1v) is 6.15. The van der Waals surface area contributed by atoms with Crippen LogP contribution in [0.2, 0.25) is 0 Å². The van der Waals surface area contributed by atoms with E-state index in [0.717, 1.165) is 5.56 Å². The Labute approximate surface area is 107 Å². The molecule has 1 aliphatic rings. The predicted molar refractivity (Wildman–Crippen MR) is 69.4 cm³/mol. The molecule has 1 fully saturated rings. The second-order valence-corrected chi connectivity index (χ2v) is 4.82. The Kier molecular flexibility index (Phi) is 3.68. The van der Waals surface area contributed by atoms with Crippen LogP contribution in [0.15, 0.2) is 0 Å². The van der Waals surface area contributed by atoms with Gasteiger partial charge in [0.2, 0.25) is 0 Å². The maximum Gasteiger partial charge on any atom is 0.134 e. The van der Waals surface area contributed by atoms with Crippen LogP contribution < -0.4 is 11.1 Å². The van der Waals surface area contributed by atoms with E-state index >= 15 is 0 Å². The van der Waals surface area contributed by atoms with Crippen LogP contribution in [0.3, 0.4) is 0 Å². The van der Waals surface area contributed by atoms with Gasteiger partial charge >= 0.3 is 0 Å². The second-order valence-electron chi connectivity index (χ2n) is 4.82. The van der Waals surface area contributed by atoms with Crippen LogP contribution >= 0.6 is 0 Å². The summed E-state index contributed by atoms with van der Waals surface area (Å²) in [4.78, 5) is 8.39. The van der Waals surface area contributed by atoms with Crippen molar-refractivity contribution in [3.63, 3.8) is 0 Å². The third-order valence-electron chi connectivity index (χ3n) is 3.30. The zero-order chi connectivity index (χ0) is 13.2. The van der Waals surface area contributed by atoms with Crippen LogP contribution in [-0.4, -0.2) is 40.4 Å². The number of anilines is 2. The second kappa shape index (κ2) is 5.07. The molecular weight excluding hydrogens is 232 g/mol. The van der Waals surface area contributed by atoms with Gasteiger partial charge in [-0.3, -0.25) is 0 Å². The average Bonchev–Trinajstić information content (AvgIpc) is 2.33. The van der Waals surface area contributed by atoms with E-state index in [1.807, 2.05) is 6.92 Å². The summed E-state index contributed by atoms with van der Waals surface area (Å²) < 4.78 is 5.25. The monoisotopic (exact) mass is 252 g/mol. The van der Waals surface area contributed by atoms with Crippen molar-refractivity contribution in [3.8, 4) is 0 Å². The highest BCUT2D eigenvalue weighted by molar-refractivity contribution is 5.54. The lowest BCUT2D eigenvalue weighted by molar-refractivity contribution is -0.0543. The lowest BCUT2D eigenvalue weighted by Crippen LogP contribution is -2.42. The zero-order valence-corrected chi connectivity index (χ0v) is 10.9. The molecule has 0 bridgehead atoms. The molecule has 1 aromatic rings. The number of ether oxygens (including phenoxy) is 1. The summed E-state index contributed by atoms with van der Waals surface area (Å²) >= 11 is 0. The van der Waals surface area contributed by atoms with Gasteiger partial charge in [0.05, 0.1) is 5.60 Å². The molecular formula is C12H20N4O2. The van der Waals surface area contributed by atoms with Gasteiger partial charge in [0.25, 0.3) is 0 Å². The fourth-order valence-electron chi connectivity index (χ4n) is 2.00. The number of aromatic nitrogens is 2. The van der Waals surface area contributed by atoms with Crippen molar-refractivity contribution in [1.82, 2.24) is 9.97 Å². The van der Waals surface area contributed by atoms with E-state index in [1.165, 1.54) is 0 Å². The molecule has 2 heterocycles. The molecule has 0 radical (unpaired) electrons. The van der Waals surface area contributed by atoms with Crippen LogP contribution in [-0.2, 0) is 4.74 Å². The molecule has 1 aromatic heterocycles. The van der Waals surface area contributed by atoms with Gasteiger partial charge < -0.3 is 20.9 Å². The number of aliphatic hydroxyl groups is 1. The molecule has 100 valence electrons. The van der Waals surface area contributed by atoms with Crippen molar-refractivity contribution in [2.45, 2.75) is 32.3 Å². The van der Waals surface area contributed by atoms with Crippen LogP contribution in [0.4, 0.5) is 11.6 Å². The molecule has 6 nitrogen and oxygen atoms in total. The van der Waals surface area contributed by atoms with Crippen molar-refractivity contribution < 1.29 is 9.84 Å². The molecule has 18 heavy (non-hydrogen) atoms. The number of hydrogen-bond acceptors (Lipinski definition) is 6. The third kappa shape index (κ3) is 2.88. The molecule has 1 saturated heterocycles. The SMILES string of the molecule is Cc1nc(N)c(C)c(NCC2(O)CCOCC2)n1. The van der Waals surface area contributed by atoms with E-state index in [4.69, 9.17) is 10.5 Å². The lowest BCUT2D eigenvalue weighted by Gasteiger charge is -2.32.